The summed E-state index contributed by atoms with van der Waals surface area (Å²) < 4.78 is 19.6. The average Bonchev–Trinajstić information content (AvgIpc) is 2.64. The number of rotatable bonds is 7. The van der Waals surface area contributed by atoms with E-state index in [0.29, 0.717) is 6.61 Å². The molecule has 1 atom stereocenters. The van der Waals surface area contributed by atoms with Crippen molar-refractivity contribution < 1.29 is 13.6 Å². The van der Waals surface area contributed by atoms with Gasteiger partial charge in [0.05, 0.1) is 12.6 Å². The van der Waals surface area contributed by atoms with Crippen molar-refractivity contribution in [2.75, 3.05) is 6.61 Å². The first kappa shape index (κ1) is 22.1. The van der Waals surface area contributed by atoms with Gasteiger partial charge in [0.2, 0.25) is 5.91 Å². The smallest absolute Gasteiger partial charge is 0.244 e. The number of benzene rings is 2. The van der Waals surface area contributed by atoms with Crippen molar-refractivity contribution in [2.24, 2.45) is 0 Å². The molecule has 0 aliphatic carbocycles. The maximum Gasteiger partial charge on any atom is 0.244 e. The minimum atomic E-state index is -1.98. The SMILES string of the molecule is CC(C)(C)[Si](C)(C)OCC(NC(=O)/C=C/c1ccccc1)c1ccc(F)cc1. The van der Waals surface area contributed by atoms with E-state index in [4.69, 9.17) is 4.43 Å². The molecule has 0 saturated heterocycles. The average molecular weight is 400 g/mol. The highest BCUT2D eigenvalue weighted by atomic mass is 28.4. The Bertz CT molecular complexity index is 796. The third-order valence-electron chi connectivity index (χ3n) is 5.23. The number of hydrogen-bond acceptors (Lipinski definition) is 2. The summed E-state index contributed by atoms with van der Waals surface area (Å²) in [5.41, 5.74) is 1.77. The van der Waals surface area contributed by atoms with Gasteiger partial charge in [-0.15, -0.1) is 0 Å². The first-order valence-electron chi connectivity index (χ1n) is 9.51. The highest BCUT2D eigenvalue weighted by molar-refractivity contribution is 6.74. The fourth-order valence-corrected chi connectivity index (χ4v) is 3.40. The van der Waals surface area contributed by atoms with Crippen LogP contribution in [0.2, 0.25) is 18.1 Å². The molecule has 1 amide bonds. The van der Waals surface area contributed by atoms with Crippen LogP contribution < -0.4 is 5.32 Å². The molecule has 0 fully saturated rings. The Morgan fingerprint density at radius 3 is 2.29 bits per heavy atom. The molecule has 3 nitrogen and oxygen atoms in total. The van der Waals surface area contributed by atoms with E-state index in [1.165, 1.54) is 18.2 Å². The van der Waals surface area contributed by atoms with Gasteiger partial charge in [0.15, 0.2) is 8.32 Å². The van der Waals surface area contributed by atoms with Crippen molar-refractivity contribution >= 4 is 20.3 Å². The van der Waals surface area contributed by atoms with Crippen molar-refractivity contribution in [1.82, 2.24) is 5.32 Å². The molecule has 0 bridgehead atoms. The van der Waals surface area contributed by atoms with E-state index >= 15 is 0 Å². The molecular formula is C23H30FNO2Si. The van der Waals surface area contributed by atoms with Gasteiger partial charge in [-0.1, -0.05) is 63.2 Å². The summed E-state index contributed by atoms with van der Waals surface area (Å²) >= 11 is 0. The van der Waals surface area contributed by atoms with E-state index in [-0.39, 0.29) is 22.8 Å². The third-order valence-corrected chi connectivity index (χ3v) is 9.73. The minimum Gasteiger partial charge on any atom is -0.414 e. The van der Waals surface area contributed by atoms with Gasteiger partial charge in [0.1, 0.15) is 5.82 Å². The van der Waals surface area contributed by atoms with Gasteiger partial charge in [-0.05, 0) is 47.5 Å². The van der Waals surface area contributed by atoms with Crippen molar-refractivity contribution in [3.05, 3.63) is 77.6 Å². The summed E-state index contributed by atoms with van der Waals surface area (Å²) in [7, 11) is -1.98. The van der Waals surface area contributed by atoms with Crippen molar-refractivity contribution in [1.29, 1.82) is 0 Å². The molecule has 2 aromatic carbocycles. The lowest BCUT2D eigenvalue weighted by atomic mass is 10.1. The molecule has 0 aromatic heterocycles. The molecular weight excluding hydrogens is 369 g/mol. The van der Waals surface area contributed by atoms with Crippen LogP contribution in [0, 0.1) is 5.82 Å². The summed E-state index contributed by atoms with van der Waals surface area (Å²) in [6, 6.07) is 15.5. The number of carbonyl (C=O) groups excluding carboxylic acids is 1. The lowest BCUT2D eigenvalue weighted by Gasteiger charge is -2.37. The van der Waals surface area contributed by atoms with Gasteiger partial charge in [-0.2, -0.15) is 0 Å². The third kappa shape index (κ3) is 6.43. The molecule has 0 aliphatic heterocycles. The van der Waals surface area contributed by atoms with Crippen molar-refractivity contribution in [2.45, 2.75) is 44.9 Å². The fraction of sp³-hybridized carbons (Fsp3) is 0.348. The Morgan fingerprint density at radius 1 is 1.11 bits per heavy atom. The van der Waals surface area contributed by atoms with Crippen LogP contribution in [0.4, 0.5) is 4.39 Å². The lowest BCUT2D eigenvalue weighted by molar-refractivity contribution is -0.117. The summed E-state index contributed by atoms with van der Waals surface area (Å²) in [5.74, 6) is -0.514. The Morgan fingerprint density at radius 2 is 1.71 bits per heavy atom. The van der Waals surface area contributed by atoms with E-state index in [1.54, 1.807) is 18.2 Å². The molecule has 28 heavy (non-hydrogen) atoms. The Kier molecular flexibility index (Phi) is 7.33. The first-order chi connectivity index (χ1) is 13.1. The molecule has 2 aromatic rings. The van der Waals surface area contributed by atoms with Crippen LogP contribution in [0.25, 0.3) is 6.08 Å². The number of carbonyl (C=O) groups is 1. The van der Waals surface area contributed by atoms with E-state index < -0.39 is 8.32 Å². The second-order valence-corrected chi connectivity index (χ2v) is 13.2. The molecule has 0 spiro atoms. The number of amides is 1. The second kappa shape index (κ2) is 9.30. The van der Waals surface area contributed by atoms with Gasteiger partial charge in [0.25, 0.3) is 0 Å². The van der Waals surface area contributed by atoms with Crippen LogP contribution in [0.15, 0.2) is 60.7 Å². The van der Waals surface area contributed by atoms with E-state index in [9.17, 15) is 9.18 Å². The Labute approximate surface area is 168 Å². The van der Waals surface area contributed by atoms with Crippen LogP contribution in [0.5, 0.6) is 0 Å². The second-order valence-electron chi connectivity index (χ2n) is 8.43. The maximum atomic E-state index is 13.3. The summed E-state index contributed by atoms with van der Waals surface area (Å²) in [4.78, 5) is 12.5. The normalized spacial score (nSPS) is 13.5. The Hall–Kier alpha value is -2.24. The summed E-state index contributed by atoms with van der Waals surface area (Å²) in [6.07, 6.45) is 3.28. The zero-order valence-corrected chi connectivity index (χ0v) is 18.3. The molecule has 150 valence electrons. The van der Waals surface area contributed by atoms with Gasteiger partial charge in [0, 0.05) is 6.08 Å². The van der Waals surface area contributed by atoms with E-state index in [2.05, 4.69) is 39.2 Å². The molecule has 0 radical (unpaired) electrons. The van der Waals surface area contributed by atoms with Gasteiger partial charge in [-0.3, -0.25) is 4.79 Å². The van der Waals surface area contributed by atoms with Crippen molar-refractivity contribution in [3.8, 4) is 0 Å². The molecule has 1 N–H and O–H groups in total. The van der Waals surface area contributed by atoms with Crippen LogP contribution in [0.3, 0.4) is 0 Å². The quantitative estimate of drug-likeness (QED) is 0.478. The van der Waals surface area contributed by atoms with Crippen LogP contribution in [0.1, 0.15) is 37.9 Å². The molecule has 2 rings (SSSR count). The van der Waals surface area contributed by atoms with Crippen LogP contribution in [-0.2, 0) is 9.22 Å². The zero-order chi connectivity index (χ0) is 20.8. The van der Waals surface area contributed by atoms with Gasteiger partial charge < -0.3 is 9.74 Å². The summed E-state index contributed by atoms with van der Waals surface area (Å²) in [5, 5.41) is 3.06. The van der Waals surface area contributed by atoms with Gasteiger partial charge in [-0.25, -0.2) is 4.39 Å². The van der Waals surface area contributed by atoms with Crippen LogP contribution >= 0.6 is 0 Å². The highest BCUT2D eigenvalue weighted by Gasteiger charge is 2.37. The maximum absolute atomic E-state index is 13.3. The number of halogens is 1. The molecule has 1 unspecified atom stereocenters. The topological polar surface area (TPSA) is 38.3 Å². The monoisotopic (exact) mass is 399 g/mol. The predicted molar refractivity (Wildman–Crippen MR) is 116 cm³/mol. The summed E-state index contributed by atoms with van der Waals surface area (Å²) in [6.45, 7) is 11.2. The molecule has 0 heterocycles. The minimum absolute atomic E-state index is 0.0670. The van der Waals surface area contributed by atoms with E-state index in [1.807, 2.05) is 30.3 Å². The molecule has 0 saturated carbocycles. The van der Waals surface area contributed by atoms with Crippen molar-refractivity contribution in [3.63, 3.8) is 0 Å². The van der Waals surface area contributed by atoms with E-state index in [0.717, 1.165) is 11.1 Å². The largest absolute Gasteiger partial charge is 0.414 e. The number of hydrogen-bond donors (Lipinski definition) is 1. The zero-order valence-electron chi connectivity index (χ0n) is 17.3. The lowest BCUT2D eigenvalue weighted by Crippen LogP contribution is -2.43. The fourth-order valence-electron chi connectivity index (χ4n) is 2.38. The Balaban J connectivity index is 2.13. The molecule has 5 heteroatoms. The number of nitrogens with one attached hydrogen (secondary N) is 1. The predicted octanol–water partition coefficient (Wildman–Crippen LogP) is 5.72. The van der Waals surface area contributed by atoms with Gasteiger partial charge >= 0.3 is 0 Å². The standard InChI is InChI=1S/C23H30FNO2Si/c1-23(2,3)28(4,5)27-17-21(19-12-14-20(24)15-13-19)25-22(26)16-11-18-9-7-6-8-10-18/h6-16,21H,17H2,1-5H3,(H,25,26)/b16-11+. The van der Waals surface area contributed by atoms with Crippen LogP contribution in [-0.4, -0.2) is 20.8 Å². The molecule has 0 aliphatic rings. The first-order valence-corrected chi connectivity index (χ1v) is 12.4. The highest BCUT2D eigenvalue weighted by Crippen LogP contribution is 2.37.